The zero-order valence-electron chi connectivity index (χ0n) is 12.3. The highest BCUT2D eigenvalue weighted by atomic mass is 16.2. The molecule has 1 heterocycles. The molecule has 19 heavy (non-hydrogen) atoms. The van der Waals surface area contributed by atoms with Crippen LogP contribution in [0.25, 0.3) is 0 Å². The van der Waals surface area contributed by atoms with Crippen LogP contribution in [0.3, 0.4) is 0 Å². The first-order valence-corrected chi connectivity index (χ1v) is 7.28. The van der Waals surface area contributed by atoms with E-state index in [4.69, 9.17) is 0 Å². The quantitative estimate of drug-likeness (QED) is 0.668. The van der Waals surface area contributed by atoms with Crippen molar-refractivity contribution in [2.75, 3.05) is 13.1 Å². The standard InChI is InChI=1S/C14H27N3O2/c1-10(2)16-13(18)5-4-6-14(19)17-12-7-8-15-9-11(12)3/h10-12,15H,4-9H2,1-3H3,(H,16,18)(H,17,19). The van der Waals surface area contributed by atoms with Gasteiger partial charge in [0.05, 0.1) is 0 Å². The Morgan fingerprint density at radius 2 is 1.95 bits per heavy atom. The number of amides is 2. The molecule has 2 amide bonds. The van der Waals surface area contributed by atoms with Crippen molar-refractivity contribution in [1.82, 2.24) is 16.0 Å². The largest absolute Gasteiger partial charge is 0.354 e. The summed E-state index contributed by atoms with van der Waals surface area (Å²) >= 11 is 0. The van der Waals surface area contributed by atoms with Gasteiger partial charge in [0.2, 0.25) is 11.8 Å². The molecule has 1 saturated heterocycles. The third-order valence-corrected chi connectivity index (χ3v) is 3.39. The van der Waals surface area contributed by atoms with Crippen molar-refractivity contribution < 1.29 is 9.59 Å². The predicted octanol–water partition coefficient (Wildman–Crippen LogP) is 0.796. The zero-order valence-corrected chi connectivity index (χ0v) is 12.3. The molecule has 2 unspecified atom stereocenters. The highest BCUT2D eigenvalue weighted by Crippen LogP contribution is 2.10. The molecular weight excluding hydrogens is 242 g/mol. The molecule has 0 aromatic carbocycles. The van der Waals surface area contributed by atoms with Crippen molar-refractivity contribution >= 4 is 11.8 Å². The van der Waals surface area contributed by atoms with Crippen molar-refractivity contribution in [3.8, 4) is 0 Å². The SMILES string of the molecule is CC(C)NC(=O)CCCC(=O)NC1CCNCC1C. The molecule has 0 radical (unpaired) electrons. The minimum atomic E-state index is 0.0260. The first kappa shape index (κ1) is 16.0. The maximum atomic E-state index is 11.8. The van der Waals surface area contributed by atoms with E-state index in [-0.39, 0.29) is 23.9 Å². The molecule has 0 saturated carbocycles. The second kappa shape index (κ2) is 8.15. The minimum Gasteiger partial charge on any atom is -0.354 e. The van der Waals surface area contributed by atoms with E-state index >= 15 is 0 Å². The van der Waals surface area contributed by atoms with Crippen molar-refractivity contribution in [3.63, 3.8) is 0 Å². The highest BCUT2D eigenvalue weighted by molar-refractivity contribution is 5.79. The van der Waals surface area contributed by atoms with Gasteiger partial charge in [0.25, 0.3) is 0 Å². The normalized spacial score (nSPS) is 23.2. The average molecular weight is 269 g/mol. The van der Waals surface area contributed by atoms with Gasteiger partial charge in [-0.2, -0.15) is 0 Å². The fourth-order valence-corrected chi connectivity index (χ4v) is 2.31. The lowest BCUT2D eigenvalue weighted by molar-refractivity contribution is -0.123. The number of nitrogens with one attached hydrogen (secondary N) is 3. The summed E-state index contributed by atoms with van der Waals surface area (Å²) in [6.45, 7) is 7.94. The van der Waals surface area contributed by atoms with Crippen LogP contribution in [0.1, 0.15) is 46.5 Å². The lowest BCUT2D eigenvalue weighted by Crippen LogP contribution is -2.48. The molecule has 2 atom stereocenters. The van der Waals surface area contributed by atoms with E-state index in [0.717, 1.165) is 19.5 Å². The van der Waals surface area contributed by atoms with Gasteiger partial charge in [-0.15, -0.1) is 0 Å². The van der Waals surface area contributed by atoms with Crippen LogP contribution in [0, 0.1) is 5.92 Å². The Labute approximate surface area is 115 Å². The second-order valence-electron chi connectivity index (χ2n) is 5.72. The Morgan fingerprint density at radius 3 is 2.58 bits per heavy atom. The summed E-state index contributed by atoms with van der Waals surface area (Å²) in [4.78, 5) is 23.2. The van der Waals surface area contributed by atoms with Gasteiger partial charge in [-0.1, -0.05) is 6.92 Å². The molecule has 0 aromatic heterocycles. The van der Waals surface area contributed by atoms with Crippen LogP contribution in [-0.4, -0.2) is 37.0 Å². The molecule has 1 aliphatic heterocycles. The van der Waals surface area contributed by atoms with Gasteiger partial charge in [-0.05, 0) is 45.7 Å². The van der Waals surface area contributed by atoms with E-state index < -0.39 is 0 Å². The van der Waals surface area contributed by atoms with Crippen LogP contribution in [0.15, 0.2) is 0 Å². The third-order valence-electron chi connectivity index (χ3n) is 3.39. The van der Waals surface area contributed by atoms with Gasteiger partial charge in [-0.25, -0.2) is 0 Å². The van der Waals surface area contributed by atoms with E-state index in [1.165, 1.54) is 0 Å². The summed E-state index contributed by atoms with van der Waals surface area (Å²) < 4.78 is 0. The summed E-state index contributed by atoms with van der Waals surface area (Å²) in [5.74, 6) is 0.566. The van der Waals surface area contributed by atoms with Crippen LogP contribution >= 0.6 is 0 Å². The van der Waals surface area contributed by atoms with Gasteiger partial charge in [0, 0.05) is 24.9 Å². The summed E-state index contributed by atoms with van der Waals surface area (Å²) in [6, 6.07) is 0.440. The summed E-state index contributed by atoms with van der Waals surface area (Å²) in [5.41, 5.74) is 0. The summed E-state index contributed by atoms with van der Waals surface area (Å²) in [7, 11) is 0. The molecule has 110 valence electrons. The first-order chi connectivity index (χ1) is 8.99. The van der Waals surface area contributed by atoms with Crippen LogP contribution < -0.4 is 16.0 Å². The molecule has 0 bridgehead atoms. The number of carbonyl (C=O) groups is 2. The van der Waals surface area contributed by atoms with Crippen LogP contribution in [0.5, 0.6) is 0 Å². The molecule has 1 aliphatic rings. The molecule has 3 N–H and O–H groups in total. The van der Waals surface area contributed by atoms with Crippen LogP contribution in [0.2, 0.25) is 0 Å². The maximum Gasteiger partial charge on any atom is 0.220 e. The van der Waals surface area contributed by atoms with Crippen LogP contribution in [0.4, 0.5) is 0 Å². The fraction of sp³-hybridized carbons (Fsp3) is 0.857. The van der Waals surface area contributed by atoms with E-state index in [1.54, 1.807) is 0 Å². The van der Waals surface area contributed by atoms with Crippen molar-refractivity contribution in [3.05, 3.63) is 0 Å². The van der Waals surface area contributed by atoms with E-state index in [2.05, 4.69) is 22.9 Å². The van der Waals surface area contributed by atoms with E-state index in [1.807, 2.05) is 13.8 Å². The van der Waals surface area contributed by atoms with E-state index in [9.17, 15) is 9.59 Å². The van der Waals surface area contributed by atoms with Gasteiger partial charge < -0.3 is 16.0 Å². The molecule has 0 aliphatic carbocycles. The van der Waals surface area contributed by atoms with Gasteiger partial charge >= 0.3 is 0 Å². The molecular formula is C14H27N3O2. The topological polar surface area (TPSA) is 70.2 Å². The predicted molar refractivity (Wildman–Crippen MR) is 75.7 cm³/mol. The van der Waals surface area contributed by atoms with Gasteiger partial charge in [0.1, 0.15) is 0 Å². The summed E-state index contributed by atoms with van der Waals surface area (Å²) in [6.07, 6.45) is 2.46. The Kier molecular flexibility index (Phi) is 6.84. The average Bonchev–Trinajstić information content (AvgIpc) is 2.31. The Bertz CT molecular complexity index is 305. The molecule has 5 nitrogen and oxygen atoms in total. The number of rotatable bonds is 6. The number of piperidine rings is 1. The first-order valence-electron chi connectivity index (χ1n) is 7.28. The molecule has 1 rings (SSSR count). The Hall–Kier alpha value is -1.10. The van der Waals surface area contributed by atoms with E-state index in [0.29, 0.717) is 25.2 Å². The maximum absolute atomic E-state index is 11.8. The smallest absolute Gasteiger partial charge is 0.220 e. The fourth-order valence-electron chi connectivity index (χ4n) is 2.31. The Morgan fingerprint density at radius 1 is 1.26 bits per heavy atom. The lowest BCUT2D eigenvalue weighted by Gasteiger charge is -2.30. The van der Waals surface area contributed by atoms with Gasteiger partial charge in [0.15, 0.2) is 0 Å². The van der Waals surface area contributed by atoms with Crippen molar-refractivity contribution in [1.29, 1.82) is 0 Å². The number of hydrogen-bond acceptors (Lipinski definition) is 3. The number of hydrogen-bond donors (Lipinski definition) is 3. The monoisotopic (exact) mass is 269 g/mol. The number of carbonyl (C=O) groups excluding carboxylic acids is 2. The molecule has 0 spiro atoms. The Balaban J connectivity index is 2.15. The molecule has 5 heteroatoms. The van der Waals surface area contributed by atoms with Crippen LogP contribution in [-0.2, 0) is 9.59 Å². The second-order valence-corrected chi connectivity index (χ2v) is 5.72. The molecule has 0 aromatic rings. The molecule has 1 fully saturated rings. The summed E-state index contributed by atoms with van der Waals surface area (Å²) in [5, 5.41) is 9.21. The van der Waals surface area contributed by atoms with Crippen molar-refractivity contribution in [2.45, 2.75) is 58.5 Å². The highest BCUT2D eigenvalue weighted by Gasteiger charge is 2.22. The third kappa shape index (κ3) is 6.57. The van der Waals surface area contributed by atoms with Crippen molar-refractivity contribution in [2.24, 2.45) is 5.92 Å². The lowest BCUT2D eigenvalue weighted by atomic mass is 9.95. The minimum absolute atomic E-state index is 0.0260. The van der Waals surface area contributed by atoms with Gasteiger partial charge in [-0.3, -0.25) is 9.59 Å². The zero-order chi connectivity index (χ0) is 14.3.